The third kappa shape index (κ3) is 4.61. The SMILES string of the molecule is OC(CNc1cc(N2CCOCC2)ncn1)c1ccc(C(F)(F)F)cc1. The Labute approximate surface area is 148 Å². The molecule has 0 saturated carbocycles. The van der Waals surface area contributed by atoms with Crippen molar-refractivity contribution in [1.82, 2.24) is 9.97 Å². The lowest BCUT2D eigenvalue weighted by atomic mass is 10.1. The van der Waals surface area contributed by atoms with Gasteiger partial charge in [-0.15, -0.1) is 0 Å². The van der Waals surface area contributed by atoms with Crippen LogP contribution >= 0.6 is 0 Å². The summed E-state index contributed by atoms with van der Waals surface area (Å²) in [5.74, 6) is 1.29. The molecule has 9 heteroatoms. The van der Waals surface area contributed by atoms with E-state index in [1.807, 2.05) is 0 Å². The maximum atomic E-state index is 12.6. The Morgan fingerprint density at radius 2 is 1.85 bits per heavy atom. The fourth-order valence-electron chi connectivity index (χ4n) is 2.62. The second-order valence-electron chi connectivity index (χ2n) is 5.88. The minimum Gasteiger partial charge on any atom is -0.387 e. The van der Waals surface area contributed by atoms with Gasteiger partial charge in [-0.1, -0.05) is 12.1 Å². The summed E-state index contributed by atoms with van der Waals surface area (Å²) < 4.78 is 43.0. The fourth-order valence-corrected chi connectivity index (χ4v) is 2.62. The van der Waals surface area contributed by atoms with E-state index in [1.165, 1.54) is 18.5 Å². The number of aliphatic hydroxyl groups excluding tert-OH is 1. The largest absolute Gasteiger partial charge is 0.416 e. The van der Waals surface area contributed by atoms with Crippen LogP contribution in [0.4, 0.5) is 24.8 Å². The molecule has 0 bridgehead atoms. The van der Waals surface area contributed by atoms with Crippen molar-refractivity contribution in [3.8, 4) is 0 Å². The Bertz CT molecular complexity index is 719. The molecule has 2 N–H and O–H groups in total. The van der Waals surface area contributed by atoms with Crippen LogP contribution < -0.4 is 10.2 Å². The maximum absolute atomic E-state index is 12.6. The molecular formula is C17H19F3N4O2. The first kappa shape index (κ1) is 18.4. The van der Waals surface area contributed by atoms with Crippen LogP contribution in [0.3, 0.4) is 0 Å². The number of halogens is 3. The molecule has 2 aromatic rings. The number of aliphatic hydroxyl groups is 1. The van der Waals surface area contributed by atoms with E-state index >= 15 is 0 Å². The summed E-state index contributed by atoms with van der Waals surface area (Å²) in [6.07, 6.45) is -3.92. The van der Waals surface area contributed by atoms with Crippen LogP contribution in [0.15, 0.2) is 36.7 Å². The highest BCUT2D eigenvalue weighted by molar-refractivity contribution is 5.48. The molecule has 26 heavy (non-hydrogen) atoms. The van der Waals surface area contributed by atoms with E-state index in [4.69, 9.17) is 4.74 Å². The molecular weight excluding hydrogens is 349 g/mol. The highest BCUT2D eigenvalue weighted by atomic mass is 19.4. The van der Waals surface area contributed by atoms with E-state index in [0.717, 1.165) is 31.0 Å². The Kier molecular flexibility index (Phi) is 5.58. The van der Waals surface area contributed by atoms with E-state index in [1.54, 1.807) is 6.07 Å². The number of aromatic nitrogens is 2. The molecule has 1 aliphatic rings. The van der Waals surface area contributed by atoms with E-state index in [-0.39, 0.29) is 6.54 Å². The summed E-state index contributed by atoms with van der Waals surface area (Å²) in [5.41, 5.74) is -0.347. The van der Waals surface area contributed by atoms with Crippen molar-refractivity contribution < 1.29 is 23.0 Å². The number of morpholine rings is 1. The summed E-state index contributed by atoms with van der Waals surface area (Å²) in [6, 6.07) is 6.23. The first-order valence-electron chi connectivity index (χ1n) is 8.17. The molecule has 0 aliphatic carbocycles. The zero-order valence-electron chi connectivity index (χ0n) is 13.9. The van der Waals surface area contributed by atoms with Gasteiger partial charge in [0, 0.05) is 25.7 Å². The zero-order valence-corrected chi connectivity index (χ0v) is 13.9. The van der Waals surface area contributed by atoms with E-state index in [2.05, 4.69) is 20.2 Å². The number of anilines is 2. The quantitative estimate of drug-likeness (QED) is 0.845. The number of ether oxygens (including phenoxy) is 1. The van der Waals surface area contributed by atoms with Gasteiger partial charge in [0.2, 0.25) is 0 Å². The third-order valence-corrected chi connectivity index (χ3v) is 4.09. The average molecular weight is 368 g/mol. The maximum Gasteiger partial charge on any atom is 0.416 e. The van der Waals surface area contributed by atoms with Crippen LogP contribution in [0, 0.1) is 0 Å². The predicted molar refractivity (Wildman–Crippen MR) is 90.0 cm³/mol. The van der Waals surface area contributed by atoms with Gasteiger partial charge in [0.1, 0.15) is 18.0 Å². The number of nitrogens with zero attached hydrogens (tertiary/aromatic N) is 3. The minimum atomic E-state index is -4.39. The number of alkyl halides is 3. The lowest BCUT2D eigenvalue weighted by molar-refractivity contribution is -0.137. The standard InChI is InChI=1S/C17H19F3N4O2/c18-17(19,20)13-3-1-12(2-4-13)14(25)10-21-15-9-16(23-11-22-15)24-5-7-26-8-6-24/h1-4,9,11,14,25H,5-8,10H2,(H,21,22,23). The first-order valence-corrected chi connectivity index (χ1v) is 8.17. The summed E-state index contributed by atoms with van der Waals surface area (Å²) >= 11 is 0. The van der Waals surface area contributed by atoms with Crippen LogP contribution in [-0.2, 0) is 10.9 Å². The van der Waals surface area contributed by atoms with Crippen molar-refractivity contribution in [3.05, 3.63) is 47.8 Å². The molecule has 1 atom stereocenters. The molecule has 2 heterocycles. The normalized spacial score (nSPS) is 16.4. The molecule has 1 aromatic carbocycles. The van der Waals surface area contributed by atoms with Gasteiger partial charge in [0.25, 0.3) is 0 Å². The topological polar surface area (TPSA) is 70.5 Å². The summed E-state index contributed by atoms with van der Waals surface area (Å²) in [6.45, 7) is 2.87. The third-order valence-electron chi connectivity index (χ3n) is 4.09. The number of rotatable bonds is 5. The highest BCUT2D eigenvalue weighted by Gasteiger charge is 2.30. The highest BCUT2D eigenvalue weighted by Crippen LogP contribution is 2.30. The van der Waals surface area contributed by atoms with Crippen molar-refractivity contribution in [2.75, 3.05) is 43.1 Å². The summed E-state index contributed by atoms with van der Waals surface area (Å²) in [7, 11) is 0. The molecule has 0 radical (unpaired) electrons. The number of nitrogens with one attached hydrogen (secondary N) is 1. The molecule has 1 aliphatic heterocycles. The fraction of sp³-hybridized carbons (Fsp3) is 0.412. The second-order valence-corrected chi connectivity index (χ2v) is 5.88. The van der Waals surface area contributed by atoms with Crippen LogP contribution in [0.2, 0.25) is 0 Å². The number of hydrogen-bond acceptors (Lipinski definition) is 6. The van der Waals surface area contributed by atoms with Gasteiger partial charge in [-0.3, -0.25) is 0 Å². The van der Waals surface area contributed by atoms with Gasteiger partial charge in [-0.2, -0.15) is 13.2 Å². The van der Waals surface area contributed by atoms with Crippen LogP contribution in [-0.4, -0.2) is 47.9 Å². The molecule has 140 valence electrons. The Morgan fingerprint density at radius 3 is 2.50 bits per heavy atom. The van der Waals surface area contributed by atoms with E-state index < -0.39 is 17.8 Å². The lowest BCUT2D eigenvalue weighted by Crippen LogP contribution is -2.36. The second kappa shape index (κ2) is 7.88. The van der Waals surface area contributed by atoms with Crippen LogP contribution in [0.1, 0.15) is 17.2 Å². The first-order chi connectivity index (χ1) is 12.4. The van der Waals surface area contributed by atoms with Crippen molar-refractivity contribution in [3.63, 3.8) is 0 Å². The van der Waals surface area contributed by atoms with Gasteiger partial charge in [0.05, 0.1) is 24.9 Å². The molecule has 0 amide bonds. The zero-order chi connectivity index (χ0) is 18.6. The van der Waals surface area contributed by atoms with Crippen molar-refractivity contribution in [2.24, 2.45) is 0 Å². The Hall–Kier alpha value is -2.39. The molecule has 1 saturated heterocycles. The van der Waals surface area contributed by atoms with Gasteiger partial charge in [-0.25, -0.2) is 9.97 Å². The van der Waals surface area contributed by atoms with Crippen molar-refractivity contribution in [1.29, 1.82) is 0 Å². The van der Waals surface area contributed by atoms with Gasteiger partial charge >= 0.3 is 6.18 Å². The Morgan fingerprint density at radius 1 is 1.15 bits per heavy atom. The smallest absolute Gasteiger partial charge is 0.387 e. The molecule has 3 rings (SSSR count). The van der Waals surface area contributed by atoms with E-state index in [0.29, 0.717) is 24.6 Å². The van der Waals surface area contributed by atoms with Gasteiger partial charge < -0.3 is 20.1 Å². The molecule has 1 unspecified atom stereocenters. The molecule has 1 aromatic heterocycles. The minimum absolute atomic E-state index is 0.116. The van der Waals surface area contributed by atoms with Gasteiger partial charge in [-0.05, 0) is 17.7 Å². The summed E-state index contributed by atoms with van der Waals surface area (Å²) in [5, 5.41) is 13.2. The van der Waals surface area contributed by atoms with Crippen molar-refractivity contribution >= 4 is 11.6 Å². The van der Waals surface area contributed by atoms with Crippen molar-refractivity contribution in [2.45, 2.75) is 12.3 Å². The predicted octanol–water partition coefficient (Wildman–Crippen LogP) is 2.48. The Balaban J connectivity index is 1.59. The lowest BCUT2D eigenvalue weighted by Gasteiger charge is -2.27. The van der Waals surface area contributed by atoms with Crippen LogP contribution in [0.5, 0.6) is 0 Å². The average Bonchev–Trinajstić information content (AvgIpc) is 2.66. The number of hydrogen-bond donors (Lipinski definition) is 2. The number of benzene rings is 1. The van der Waals surface area contributed by atoms with Crippen LogP contribution in [0.25, 0.3) is 0 Å². The summed E-state index contributed by atoms with van der Waals surface area (Å²) in [4.78, 5) is 10.4. The molecule has 1 fully saturated rings. The monoisotopic (exact) mass is 368 g/mol. The molecule has 6 nitrogen and oxygen atoms in total. The molecule has 0 spiro atoms. The van der Waals surface area contributed by atoms with E-state index in [9.17, 15) is 18.3 Å². The van der Waals surface area contributed by atoms with Gasteiger partial charge in [0.15, 0.2) is 0 Å².